The molecule has 2 heterocycles. The highest BCUT2D eigenvalue weighted by Gasteiger charge is 2.33. The van der Waals surface area contributed by atoms with Crippen LogP contribution >= 0.6 is 0 Å². The molecule has 22 heavy (non-hydrogen) atoms. The number of anilines is 1. The van der Waals surface area contributed by atoms with Gasteiger partial charge in [-0.15, -0.1) is 0 Å². The van der Waals surface area contributed by atoms with Crippen LogP contribution in [-0.4, -0.2) is 49.1 Å². The Morgan fingerprint density at radius 3 is 2.59 bits per heavy atom. The number of carbonyl (C=O) groups excluding carboxylic acids is 2. The van der Waals surface area contributed by atoms with Crippen LogP contribution in [0.4, 0.5) is 14.9 Å². The Bertz CT molecular complexity index is 559. The standard InChI is InChI=1S/C15H19FN4O2/c16-11-1-3-12(4-2-11)18-15(22)19-13-5-6-20(9-13)14(21)10-7-17-8-10/h1-4,10,13,17H,5-9H2,(H2,18,19,22). The molecule has 0 spiro atoms. The number of hydrogen-bond acceptors (Lipinski definition) is 3. The predicted octanol–water partition coefficient (Wildman–Crippen LogP) is 0.767. The van der Waals surface area contributed by atoms with Crippen LogP contribution in [0, 0.1) is 11.7 Å². The third-order valence-corrected chi connectivity index (χ3v) is 4.07. The second-order valence-corrected chi connectivity index (χ2v) is 5.73. The summed E-state index contributed by atoms with van der Waals surface area (Å²) in [6.45, 7) is 2.72. The lowest BCUT2D eigenvalue weighted by Gasteiger charge is -2.30. The summed E-state index contributed by atoms with van der Waals surface area (Å²) >= 11 is 0. The number of halogens is 1. The minimum absolute atomic E-state index is 0.0440. The van der Waals surface area contributed by atoms with E-state index in [1.54, 1.807) is 0 Å². The third kappa shape index (κ3) is 3.36. The molecule has 6 nitrogen and oxygen atoms in total. The molecule has 1 aromatic rings. The van der Waals surface area contributed by atoms with Gasteiger partial charge in [0.1, 0.15) is 5.82 Å². The van der Waals surface area contributed by atoms with Crippen molar-refractivity contribution in [2.75, 3.05) is 31.5 Å². The summed E-state index contributed by atoms with van der Waals surface area (Å²) < 4.78 is 12.8. The topological polar surface area (TPSA) is 73.5 Å². The fourth-order valence-corrected chi connectivity index (χ4v) is 2.69. The Hall–Kier alpha value is -2.15. The summed E-state index contributed by atoms with van der Waals surface area (Å²) in [5, 5.41) is 8.59. The smallest absolute Gasteiger partial charge is 0.319 e. The third-order valence-electron chi connectivity index (χ3n) is 4.07. The van der Waals surface area contributed by atoms with E-state index in [4.69, 9.17) is 0 Å². The zero-order valence-electron chi connectivity index (χ0n) is 12.1. The number of amides is 3. The first-order valence-corrected chi connectivity index (χ1v) is 7.44. The van der Waals surface area contributed by atoms with Crippen molar-refractivity contribution in [1.82, 2.24) is 15.5 Å². The van der Waals surface area contributed by atoms with Crippen molar-refractivity contribution in [1.29, 1.82) is 0 Å². The lowest BCUT2D eigenvalue weighted by molar-refractivity contribution is -0.136. The fraction of sp³-hybridized carbons (Fsp3) is 0.467. The largest absolute Gasteiger partial charge is 0.340 e. The molecular formula is C15H19FN4O2. The highest BCUT2D eigenvalue weighted by Crippen LogP contribution is 2.15. The average molecular weight is 306 g/mol. The zero-order valence-corrected chi connectivity index (χ0v) is 12.1. The quantitative estimate of drug-likeness (QED) is 0.772. The Kier molecular flexibility index (Phi) is 4.24. The van der Waals surface area contributed by atoms with Gasteiger partial charge in [-0.1, -0.05) is 0 Å². The number of nitrogens with zero attached hydrogens (tertiary/aromatic N) is 1. The van der Waals surface area contributed by atoms with Gasteiger partial charge in [0.25, 0.3) is 0 Å². The maximum Gasteiger partial charge on any atom is 0.319 e. The highest BCUT2D eigenvalue weighted by atomic mass is 19.1. The van der Waals surface area contributed by atoms with Crippen molar-refractivity contribution in [3.05, 3.63) is 30.1 Å². The molecule has 118 valence electrons. The van der Waals surface area contributed by atoms with E-state index < -0.39 is 0 Å². The molecule has 0 aliphatic carbocycles. The molecule has 2 aliphatic heterocycles. The molecule has 3 rings (SSSR count). The van der Waals surface area contributed by atoms with E-state index in [9.17, 15) is 14.0 Å². The Morgan fingerprint density at radius 1 is 1.23 bits per heavy atom. The van der Waals surface area contributed by atoms with Crippen LogP contribution in [0.3, 0.4) is 0 Å². The molecule has 1 aromatic carbocycles. The van der Waals surface area contributed by atoms with E-state index in [1.165, 1.54) is 24.3 Å². The van der Waals surface area contributed by atoms with Gasteiger partial charge in [-0.25, -0.2) is 9.18 Å². The molecule has 0 bridgehead atoms. The van der Waals surface area contributed by atoms with E-state index in [-0.39, 0.29) is 29.7 Å². The number of hydrogen-bond donors (Lipinski definition) is 3. The van der Waals surface area contributed by atoms with Crippen LogP contribution < -0.4 is 16.0 Å². The van der Waals surface area contributed by atoms with E-state index in [0.29, 0.717) is 18.8 Å². The van der Waals surface area contributed by atoms with Crippen LogP contribution in [0.15, 0.2) is 24.3 Å². The maximum absolute atomic E-state index is 12.8. The summed E-state index contributed by atoms with van der Waals surface area (Å²) in [6, 6.07) is 5.20. The van der Waals surface area contributed by atoms with Gasteiger partial charge in [-0.05, 0) is 30.7 Å². The van der Waals surface area contributed by atoms with Crippen molar-refractivity contribution in [2.24, 2.45) is 5.92 Å². The number of urea groups is 1. The van der Waals surface area contributed by atoms with Gasteiger partial charge in [-0.2, -0.15) is 0 Å². The van der Waals surface area contributed by atoms with Gasteiger partial charge in [0.05, 0.1) is 5.92 Å². The lowest BCUT2D eigenvalue weighted by atomic mass is 10.0. The van der Waals surface area contributed by atoms with Gasteiger partial charge in [-0.3, -0.25) is 4.79 Å². The molecule has 3 amide bonds. The van der Waals surface area contributed by atoms with Crippen molar-refractivity contribution in [3.63, 3.8) is 0 Å². The van der Waals surface area contributed by atoms with E-state index in [1.807, 2.05) is 4.90 Å². The Balaban J connectivity index is 1.46. The van der Waals surface area contributed by atoms with Crippen molar-refractivity contribution >= 4 is 17.6 Å². The van der Waals surface area contributed by atoms with Gasteiger partial charge in [0.2, 0.25) is 5.91 Å². The molecule has 1 unspecified atom stereocenters. The van der Waals surface area contributed by atoms with E-state index in [2.05, 4.69) is 16.0 Å². The van der Waals surface area contributed by atoms with Crippen LogP contribution in [0.25, 0.3) is 0 Å². The number of likely N-dealkylation sites (tertiary alicyclic amines) is 1. The summed E-state index contributed by atoms with van der Waals surface area (Å²) in [5.74, 6) is -0.0878. The van der Waals surface area contributed by atoms with Gasteiger partial charge >= 0.3 is 6.03 Å². The monoisotopic (exact) mass is 306 g/mol. The number of rotatable bonds is 3. The van der Waals surface area contributed by atoms with Gasteiger partial charge in [0, 0.05) is 37.9 Å². The number of nitrogens with one attached hydrogen (secondary N) is 3. The average Bonchev–Trinajstić information content (AvgIpc) is 2.88. The molecule has 2 fully saturated rings. The van der Waals surface area contributed by atoms with Crippen LogP contribution in [0.5, 0.6) is 0 Å². The molecule has 2 aliphatic rings. The van der Waals surface area contributed by atoms with Crippen LogP contribution in [0.2, 0.25) is 0 Å². The van der Waals surface area contributed by atoms with Crippen molar-refractivity contribution < 1.29 is 14.0 Å². The zero-order chi connectivity index (χ0) is 15.5. The number of carbonyl (C=O) groups is 2. The normalized spacial score (nSPS) is 21.3. The second kappa shape index (κ2) is 6.31. The molecule has 0 aromatic heterocycles. The minimum Gasteiger partial charge on any atom is -0.340 e. The molecule has 0 radical (unpaired) electrons. The molecule has 7 heteroatoms. The van der Waals surface area contributed by atoms with Crippen molar-refractivity contribution in [3.8, 4) is 0 Å². The number of benzene rings is 1. The second-order valence-electron chi connectivity index (χ2n) is 5.73. The molecule has 0 saturated carbocycles. The molecule has 3 N–H and O–H groups in total. The molecule has 2 saturated heterocycles. The Labute approximate surface area is 128 Å². The maximum atomic E-state index is 12.8. The summed E-state index contributed by atoms with van der Waals surface area (Å²) in [7, 11) is 0. The highest BCUT2D eigenvalue weighted by molar-refractivity contribution is 5.89. The predicted molar refractivity (Wildman–Crippen MR) is 79.9 cm³/mol. The SMILES string of the molecule is O=C(Nc1ccc(F)cc1)NC1CCN(C(=O)C2CNC2)C1. The minimum atomic E-state index is -0.346. The van der Waals surface area contributed by atoms with E-state index >= 15 is 0 Å². The Morgan fingerprint density at radius 2 is 1.95 bits per heavy atom. The summed E-state index contributed by atoms with van der Waals surface area (Å²) in [4.78, 5) is 25.8. The van der Waals surface area contributed by atoms with E-state index in [0.717, 1.165) is 19.5 Å². The first kappa shape index (κ1) is 14.8. The van der Waals surface area contributed by atoms with Crippen molar-refractivity contribution in [2.45, 2.75) is 12.5 Å². The first-order valence-electron chi connectivity index (χ1n) is 7.44. The van der Waals surface area contributed by atoms with Crippen LogP contribution in [0.1, 0.15) is 6.42 Å². The van der Waals surface area contributed by atoms with Gasteiger partial charge in [0.15, 0.2) is 0 Å². The van der Waals surface area contributed by atoms with Gasteiger partial charge < -0.3 is 20.9 Å². The fourth-order valence-electron chi connectivity index (χ4n) is 2.69. The molecular weight excluding hydrogens is 287 g/mol. The first-order chi connectivity index (χ1) is 10.6. The summed E-state index contributed by atoms with van der Waals surface area (Å²) in [5.41, 5.74) is 0.533. The summed E-state index contributed by atoms with van der Waals surface area (Å²) in [6.07, 6.45) is 0.753. The van der Waals surface area contributed by atoms with Crippen LogP contribution in [-0.2, 0) is 4.79 Å². The lowest BCUT2D eigenvalue weighted by Crippen LogP contribution is -2.52. The molecule has 1 atom stereocenters.